The molecule has 0 bridgehead atoms. The normalized spacial score (nSPS) is 10.6. The predicted molar refractivity (Wildman–Crippen MR) is 104 cm³/mol. The minimum Gasteiger partial charge on any atom is -0.493 e. The molecule has 0 spiro atoms. The van der Waals surface area contributed by atoms with Crippen LogP contribution in [-0.2, 0) is 4.74 Å². The van der Waals surface area contributed by atoms with Crippen molar-refractivity contribution in [2.24, 2.45) is 5.10 Å². The molecule has 0 radical (unpaired) electrons. The van der Waals surface area contributed by atoms with Crippen LogP contribution in [0, 0.1) is 13.8 Å². The lowest BCUT2D eigenvalue weighted by Gasteiger charge is -2.10. The molecule has 0 aliphatic carbocycles. The molecule has 1 amide bonds. The van der Waals surface area contributed by atoms with Crippen LogP contribution in [0.5, 0.6) is 11.5 Å². The third-order valence-electron chi connectivity index (χ3n) is 3.93. The number of carbonyl (C=O) groups is 2. The number of benzene rings is 1. The van der Waals surface area contributed by atoms with Crippen LogP contribution in [-0.4, -0.2) is 43.9 Å². The van der Waals surface area contributed by atoms with E-state index in [4.69, 9.17) is 14.2 Å². The second-order valence-electron chi connectivity index (χ2n) is 5.79. The van der Waals surface area contributed by atoms with Crippen LogP contribution in [0.1, 0.15) is 44.6 Å². The number of amides is 1. The Bertz CT molecular complexity index is 909. The van der Waals surface area contributed by atoms with Crippen LogP contribution in [0.3, 0.4) is 0 Å². The van der Waals surface area contributed by atoms with Crippen LogP contribution in [0.2, 0.25) is 0 Å². The molecule has 1 N–H and O–H groups in total. The maximum absolute atomic E-state index is 12.5. The standard InChI is InChI=1S/C20H23N3O5/c1-6-28-20(25)16-10-15(12(2)22-13(16)3)19(24)23-21-11-14-7-8-17(26-4)18(9-14)27-5/h7-11H,6H2,1-5H3,(H,23,24). The zero-order valence-corrected chi connectivity index (χ0v) is 16.5. The first-order valence-electron chi connectivity index (χ1n) is 8.62. The second kappa shape index (κ2) is 9.50. The molecule has 8 nitrogen and oxygen atoms in total. The molecule has 28 heavy (non-hydrogen) atoms. The highest BCUT2D eigenvalue weighted by molar-refractivity contribution is 5.99. The highest BCUT2D eigenvalue weighted by Crippen LogP contribution is 2.26. The van der Waals surface area contributed by atoms with E-state index in [1.54, 1.807) is 46.1 Å². The molecule has 2 aromatic rings. The summed E-state index contributed by atoms with van der Waals surface area (Å²) < 4.78 is 15.4. The molecule has 1 aromatic carbocycles. The lowest BCUT2D eigenvalue weighted by atomic mass is 10.1. The summed E-state index contributed by atoms with van der Waals surface area (Å²) in [5, 5.41) is 3.96. The maximum Gasteiger partial charge on any atom is 0.339 e. The van der Waals surface area contributed by atoms with E-state index in [1.807, 2.05) is 0 Å². The van der Waals surface area contributed by atoms with Gasteiger partial charge in [-0.3, -0.25) is 9.78 Å². The van der Waals surface area contributed by atoms with E-state index in [1.165, 1.54) is 19.4 Å². The topological polar surface area (TPSA) is 99.1 Å². The molecular formula is C20H23N3O5. The number of aromatic nitrogens is 1. The minimum atomic E-state index is -0.518. The first-order valence-corrected chi connectivity index (χ1v) is 8.62. The summed E-state index contributed by atoms with van der Waals surface area (Å²) in [5.74, 6) is 0.148. The van der Waals surface area contributed by atoms with E-state index < -0.39 is 11.9 Å². The van der Waals surface area contributed by atoms with Crippen molar-refractivity contribution in [2.75, 3.05) is 20.8 Å². The molecule has 0 fully saturated rings. The summed E-state index contributed by atoms with van der Waals surface area (Å²) in [5.41, 5.74) is 4.64. The number of hydrogen-bond donors (Lipinski definition) is 1. The van der Waals surface area contributed by atoms with Crippen molar-refractivity contribution in [3.05, 3.63) is 52.3 Å². The lowest BCUT2D eigenvalue weighted by Crippen LogP contribution is -2.21. The van der Waals surface area contributed by atoms with Gasteiger partial charge in [0.2, 0.25) is 0 Å². The molecule has 0 saturated heterocycles. The number of carbonyl (C=O) groups excluding carboxylic acids is 2. The summed E-state index contributed by atoms with van der Waals surface area (Å²) in [6, 6.07) is 6.71. The third kappa shape index (κ3) is 4.85. The summed E-state index contributed by atoms with van der Waals surface area (Å²) in [6.07, 6.45) is 1.48. The van der Waals surface area contributed by atoms with Gasteiger partial charge in [-0.25, -0.2) is 10.2 Å². The van der Waals surface area contributed by atoms with Crippen LogP contribution in [0.25, 0.3) is 0 Å². The van der Waals surface area contributed by atoms with Crippen molar-refractivity contribution in [3.8, 4) is 11.5 Å². The first kappa shape index (κ1) is 20.9. The number of hydrogen-bond acceptors (Lipinski definition) is 7. The summed E-state index contributed by atoms with van der Waals surface area (Å²) >= 11 is 0. The Labute approximate surface area is 163 Å². The van der Waals surface area contributed by atoms with Crippen molar-refractivity contribution < 1.29 is 23.8 Å². The van der Waals surface area contributed by atoms with Gasteiger partial charge < -0.3 is 14.2 Å². The fourth-order valence-electron chi connectivity index (χ4n) is 2.53. The number of nitrogens with one attached hydrogen (secondary N) is 1. The van der Waals surface area contributed by atoms with Gasteiger partial charge in [0, 0.05) is 0 Å². The van der Waals surface area contributed by atoms with Gasteiger partial charge in [0.25, 0.3) is 5.91 Å². The molecule has 0 aliphatic rings. The fourth-order valence-corrected chi connectivity index (χ4v) is 2.53. The molecular weight excluding hydrogens is 362 g/mol. The quantitative estimate of drug-likeness (QED) is 0.447. The number of aryl methyl sites for hydroxylation is 2. The van der Waals surface area contributed by atoms with E-state index >= 15 is 0 Å². The Morgan fingerprint density at radius 1 is 1.07 bits per heavy atom. The van der Waals surface area contributed by atoms with Crippen molar-refractivity contribution in [2.45, 2.75) is 20.8 Å². The van der Waals surface area contributed by atoms with Gasteiger partial charge in [-0.15, -0.1) is 0 Å². The number of hydrazone groups is 1. The zero-order chi connectivity index (χ0) is 20.7. The fraction of sp³-hybridized carbons (Fsp3) is 0.300. The summed E-state index contributed by atoms with van der Waals surface area (Å²) in [4.78, 5) is 28.7. The second-order valence-corrected chi connectivity index (χ2v) is 5.79. The van der Waals surface area contributed by atoms with Crippen LogP contribution in [0.4, 0.5) is 0 Å². The Balaban J connectivity index is 2.18. The van der Waals surface area contributed by atoms with Gasteiger partial charge >= 0.3 is 5.97 Å². The molecule has 2 rings (SSSR count). The SMILES string of the molecule is CCOC(=O)c1cc(C(=O)NN=Cc2ccc(OC)c(OC)c2)c(C)nc1C. The van der Waals surface area contributed by atoms with Gasteiger partial charge in [-0.2, -0.15) is 5.10 Å². The largest absolute Gasteiger partial charge is 0.493 e. The van der Waals surface area contributed by atoms with Crippen LogP contribution >= 0.6 is 0 Å². The highest BCUT2D eigenvalue weighted by Gasteiger charge is 2.18. The predicted octanol–water partition coefficient (Wildman–Crippen LogP) is 2.66. The molecule has 8 heteroatoms. The zero-order valence-electron chi connectivity index (χ0n) is 16.5. The van der Waals surface area contributed by atoms with E-state index in [9.17, 15) is 9.59 Å². The number of esters is 1. The molecule has 0 aliphatic heterocycles. The molecule has 0 atom stereocenters. The third-order valence-corrected chi connectivity index (χ3v) is 3.93. The number of nitrogens with zero attached hydrogens (tertiary/aromatic N) is 2. The van der Waals surface area contributed by atoms with Gasteiger partial charge in [-0.05, 0) is 50.6 Å². The Morgan fingerprint density at radius 3 is 2.39 bits per heavy atom. The van der Waals surface area contributed by atoms with Gasteiger partial charge in [0.1, 0.15) is 0 Å². The van der Waals surface area contributed by atoms with Gasteiger partial charge in [-0.1, -0.05) is 0 Å². The molecule has 148 valence electrons. The molecule has 1 heterocycles. The van der Waals surface area contributed by atoms with Crippen molar-refractivity contribution in [3.63, 3.8) is 0 Å². The Hall–Kier alpha value is -3.42. The first-order chi connectivity index (χ1) is 13.4. The monoisotopic (exact) mass is 385 g/mol. The Kier molecular flexibility index (Phi) is 7.08. The lowest BCUT2D eigenvalue weighted by molar-refractivity contribution is 0.0525. The maximum atomic E-state index is 12.5. The highest BCUT2D eigenvalue weighted by atomic mass is 16.5. The van der Waals surface area contributed by atoms with Crippen LogP contribution < -0.4 is 14.9 Å². The van der Waals surface area contributed by atoms with E-state index in [2.05, 4.69) is 15.5 Å². The number of ether oxygens (including phenoxy) is 3. The average Bonchev–Trinajstić information content (AvgIpc) is 2.67. The number of methoxy groups -OCH3 is 2. The van der Waals surface area contributed by atoms with Crippen molar-refractivity contribution in [1.29, 1.82) is 0 Å². The van der Waals surface area contributed by atoms with Crippen molar-refractivity contribution >= 4 is 18.1 Å². The minimum absolute atomic E-state index is 0.239. The smallest absolute Gasteiger partial charge is 0.339 e. The van der Waals surface area contributed by atoms with Crippen LogP contribution in [0.15, 0.2) is 29.4 Å². The average molecular weight is 385 g/mol. The number of pyridine rings is 1. The van der Waals surface area contributed by atoms with E-state index in [-0.39, 0.29) is 17.7 Å². The van der Waals surface area contributed by atoms with Gasteiger partial charge in [0.05, 0.1) is 49.6 Å². The van der Waals surface area contributed by atoms with Gasteiger partial charge in [0.15, 0.2) is 11.5 Å². The van der Waals surface area contributed by atoms with E-state index in [0.717, 1.165) is 0 Å². The molecule has 1 aromatic heterocycles. The van der Waals surface area contributed by atoms with Crippen molar-refractivity contribution in [1.82, 2.24) is 10.4 Å². The molecule has 0 unspecified atom stereocenters. The Morgan fingerprint density at radius 2 is 1.75 bits per heavy atom. The van der Waals surface area contributed by atoms with E-state index in [0.29, 0.717) is 28.5 Å². The summed E-state index contributed by atoms with van der Waals surface area (Å²) in [6.45, 7) is 5.33. The molecule has 0 saturated carbocycles. The summed E-state index contributed by atoms with van der Waals surface area (Å²) in [7, 11) is 3.09. The number of rotatable bonds is 7.